The summed E-state index contributed by atoms with van der Waals surface area (Å²) in [6.07, 6.45) is 7.89. The Bertz CT molecular complexity index is 1410. The van der Waals surface area contributed by atoms with Crippen LogP contribution in [0.1, 0.15) is 59.2 Å². The molecule has 1 aliphatic rings. The van der Waals surface area contributed by atoms with Crippen LogP contribution in [0.5, 0.6) is 0 Å². The van der Waals surface area contributed by atoms with Gasteiger partial charge < -0.3 is 16.4 Å². The molecule has 182 valence electrons. The first kappa shape index (κ1) is 23.6. The van der Waals surface area contributed by atoms with Crippen molar-refractivity contribution in [3.05, 3.63) is 89.1 Å². The number of aromatic nitrogens is 2. The van der Waals surface area contributed by atoms with Crippen molar-refractivity contribution >= 4 is 17.4 Å². The van der Waals surface area contributed by atoms with Crippen LogP contribution in [0.25, 0.3) is 16.9 Å². The number of pyridine rings is 1. The monoisotopic (exact) mass is 478 g/mol. The lowest BCUT2D eigenvalue weighted by Crippen LogP contribution is -2.24. The predicted octanol–water partition coefficient (Wildman–Crippen LogP) is 5.01. The third kappa shape index (κ3) is 5.09. The molecular weight excluding hydrogens is 448 g/mol. The van der Waals surface area contributed by atoms with Crippen molar-refractivity contribution in [2.24, 2.45) is 5.73 Å². The van der Waals surface area contributed by atoms with Crippen LogP contribution < -0.4 is 16.4 Å². The number of nitrogens with one attached hydrogen (secondary N) is 2. The number of imidazole rings is 1. The fourth-order valence-electron chi connectivity index (χ4n) is 4.82. The fourth-order valence-corrected chi connectivity index (χ4v) is 4.82. The fraction of sp³-hybridized carbons (Fsp3) is 0.276. The first-order valence-corrected chi connectivity index (χ1v) is 12.5. The summed E-state index contributed by atoms with van der Waals surface area (Å²) in [5.74, 6) is 0.771. The molecule has 0 spiro atoms. The number of carbonyl (C=O) groups excluding carboxylic acids is 1. The van der Waals surface area contributed by atoms with Crippen LogP contribution in [0, 0.1) is 11.3 Å². The molecule has 0 radical (unpaired) electrons. The van der Waals surface area contributed by atoms with Gasteiger partial charge in [-0.15, -0.1) is 0 Å². The van der Waals surface area contributed by atoms with E-state index in [9.17, 15) is 10.1 Å². The lowest BCUT2D eigenvalue weighted by Gasteiger charge is -2.24. The molecule has 4 aromatic rings. The number of anilines is 1. The predicted molar refractivity (Wildman–Crippen MR) is 141 cm³/mol. The standard InChI is InChI=1S/C29H30N6O/c30-17-20-9-11-23(12-10-20)27-28(33-25-7-2-1-3-8-25)35-14-13-24(16-26(35)34-27)29(36)32-19-22-6-4-5-21(15-22)18-31/h4-6,9-16,25,33H,1-3,7-8,18-19,31H2,(H,32,36). The van der Waals surface area contributed by atoms with Crippen molar-refractivity contribution in [1.82, 2.24) is 14.7 Å². The molecule has 5 rings (SSSR count). The molecule has 2 aromatic heterocycles. The normalized spacial score (nSPS) is 13.9. The van der Waals surface area contributed by atoms with Crippen molar-refractivity contribution in [1.29, 1.82) is 5.26 Å². The van der Waals surface area contributed by atoms with Crippen molar-refractivity contribution in [3.8, 4) is 17.3 Å². The number of nitrogens with zero attached hydrogens (tertiary/aromatic N) is 3. The van der Waals surface area contributed by atoms with Gasteiger partial charge >= 0.3 is 0 Å². The van der Waals surface area contributed by atoms with E-state index in [1.807, 2.05) is 71.3 Å². The highest BCUT2D eigenvalue weighted by Crippen LogP contribution is 2.32. The average Bonchev–Trinajstić information content (AvgIpc) is 3.29. The average molecular weight is 479 g/mol. The molecule has 0 aliphatic heterocycles. The summed E-state index contributed by atoms with van der Waals surface area (Å²) in [7, 11) is 0. The summed E-state index contributed by atoms with van der Waals surface area (Å²) >= 11 is 0. The first-order valence-electron chi connectivity index (χ1n) is 12.5. The van der Waals surface area contributed by atoms with E-state index in [2.05, 4.69) is 16.7 Å². The summed E-state index contributed by atoms with van der Waals surface area (Å²) in [6.45, 7) is 0.897. The summed E-state index contributed by atoms with van der Waals surface area (Å²) in [5.41, 5.74) is 11.4. The Labute approximate surface area is 211 Å². The van der Waals surface area contributed by atoms with E-state index in [0.717, 1.165) is 41.0 Å². The van der Waals surface area contributed by atoms with Gasteiger partial charge in [-0.25, -0.2) is 4.98 Å². The van der Waals surface area contributed by atoms with Crippen LogP contribution in [0.3, 0.4) is 0 Å². The number of nitrogens with two attached hydrogens (primary N) is 1. The first-order chi connectivity index (χ1) is 17.6. The molecule has 7 nitrogen and oxygen atoms in total. The van der Waals surface area contributed by atoms with E-state index in [4.69, 9.17) is 10.7 Å². The van der Waals surface area contributed by atoms with Crippen molar-refractivity contribution in [3.63, 3.8) is 0 Å². The number of nitriles is 1. The number of hydrogen-bond acceptors (Lipinski definition) is 5. The van der Waals surface area contributed by atoms with Crippen LogP contribution in [0.15, 0.2) is 66.9 Å². The zero-order valence-corrected chi connectivity index (χ0v) is 20.2. The molecule has 1 fully saturated rings. The molecule has 36 heavy (non-hydrogen) atoms. The van der Waals surface area contributed by atoms with Gasteiger partial charge in [0.1, 0.15) is 17.2 Å². The molecule has 0 unspecified atom stereocenters. The van der Waals surface area contributed by atoms with E-state index >= 15 is 0 Å². The molecular formula is C29H30N6O. The van der Waals surface area contributed by atoms with Gasteiger partial charge in [-0.2, -0.15) is 5.26 Å². The third-order valence-corrected chi connectivity index (χ3v) is 6.80. The molecule has 1 amide bonds. The van der Waals surface area contributed by atoms with E-state index in [1.165, 1.54) is 19.3 Å². The Kier molecular flexibility index (Phi) is 6.96. The van der Waals surface area contributed by atoms with Gasteiger partial charge in [0, 0.05) is 36.5 Å². The van der Waals surface area contributed by atoms with Crippen LogP contribution in [0.2, 0.25) is 0 Å². The summed E-state index contributed by atoms with van der Waals surface area (Å²) in [4.78, 5) is 17.9. The number of amides is 1. The van der Waals surface area contributed by atoms with Crippen molar-refractivity contribution < 1.29 is 4.79 Å². The summed E-state index contributed by atoms with van der Waals surface area (Å²) < 4.78 is 2.02. The Balaban J connectivity index is 1.44. The number of carbonyl (C=O) groups is 1. The van der Waals surface area contributed by atoms with Gasteiger partial charge in [-0.3, -0.25) is 9.20 Å². The van der Waals surface area contributed by atoms with Crippen LogP contribution in [-0.4, -0.2) is 21.3 Å². The summed E-state index contributed by atoms with van der Waals surface area (Å²) in [6, 6.07) is 21.6. The summed E-state index contributed by atoms with van der Waals surface area (Å²) in [5, 5.41) is 15.9. The van der Waals surface area contributed by atoms with E-state index in [-0.39, 0.29) is 5.91 Å². The molecule has 2 aromatic carbocycles. The topological polar surface area (TPSA) is 108 Å². The van der Waals surface area contributed by atoms with Crippen LogP contribution >= 0.6 is 0 Å². The molecule has 0 bridgehead atoms. The lowest BCUT2D eigenvalue weighted by molar-refractivity contribution is 0.0951. The van der Waals surface area contributed by atoms with Gasteiger partial charge in [0.05, 0.1) is 11.6 Å². The van der Waals surface area contributed by atoms with Crippen molar-refractivity contribution in [2.75, 3.05) is 5.32 Å². The Morgan fingerprint density at radius 2 is 1.83 bits per heavy atom. The Hall–Kier alpha value is -4.15. The van der Waals surface area contributed by atoms with E-state index in [1.54, 1.807) is 0 Å². The van der Waals surface area contributed by atoms with E-state index in [0.29, 0.717) is 35.9 Å². The smallest absolute Gasteiger partial charge is 0.251 e. The minimum absolute atomic E-state index is 0.152. The van der Waals surface area contributed by atoms with E-state index < -0.39 is 0 Å². The number of hydrogen-bond donors (Lipinski definition) is 3. The van der Waals surface area contributed by atoms with Gasteiger partial charge in [0.2, 0.25) is 0 Å². The second kappa shape index (κ2) is 10.6. The highest BCUT2D eigenvalue weighted by atomic mass is 16.1. The van der Waals surface area contributed by atoms with Gasteiger partial charge in [-0.1, -0.05) is 55.7 Å². The molecule has 2 heterocycles. The minimum atomic E-state index is -0.152. The SMILES string of the molecule is N#Cc1ccc(-c2nc3cc(C(=O)NCc4cccc(CN)c4)ccn3c2NC2CCCCC2)cc1. The minimum Gasteiger partial charge on any atom is -0.367 e. The van der Waals surface area contributed by atoms with Gasteiger partial charge in [0.25, 0.3) is 5.91 Å². The number of benzene rings is 2. The second-order valence-electron chi connectivity index (χ2n) is 9.33. The molecule has 0 saturated heterocycles. The third-order valence-electron chi connectivity index (χ3n) is 6.80. The van der Waals surface area contributed by atoms with Crippen molar-refractivity contribution in [2.45, 2.75) is 51.2 Å². The lowest BCUT2D eigenvalue weighted by atomic mass is 9.95. The Morgan fingerprint density at radius 3 is 2.58 bits per heavy atom. The molecule has 1 aliphatic carbocycles. The van der Waals surface area contributed by atoms with Crippen LogP contribution in [-0.2, 0) is 13.1 Å². The highest BCUT2D eigenvalue weighted by molar-refractivity contribution is 5.95. The number of fused-ring (bicyclic) bond motifs is 1. The molecule has 0 atom stereocenters. The van der Waals surface area contributed by atoms with Gasteiger partial charge in [-0.05, 0) is 48.2 Å². The quantitative estimate of drug-likeness (QED) is 0.346. The zero-order chi connectivity index (χ0) is 24.9. The maximum atomic E-state index is 12.9. The Morgan fingerprint density at radius 1 is 1.06 bits per heavy atom. The maximum Gasteiger partial charge on any atom is 0.251 e. The van der Waals surface area contributed by atoms with Crippen LogP contribution in [0.4, 0.5) is 5.82 Å². The highest BCUT2D eigenvalue weighted by Gasteiger charge is 2.20. The molecule has 7 heteroatoms. The van der Waals surface area contributed by atoms with Gasteiger partial charge in [0.15, 0.2) is 0 Å². The zero-order valence-electron chi connectivity index (χ0n) is 20.2. The molecule has 4 N–H and O–H groups in total. The number of rotatable bonds is 7. The molecule has 1 saturated carbocycles. The maximum absolute atomic E-state index is 12.9. The second-order valence-corrected chi connectivity index (χ2v) is 9.33. The largest absolute Gasteiger partial charge is 0.367 e.